The van der Waals surface area contributed by atoms with Crippen LogP contribution in [-0.4, -0.2) is 208 Å². The minimum Gasteiger partial charge on any atom is -0.494 e. The summed E-state index contributed by atoms with van der Waals surface area (Å²) in [7, 11) is -5.93. The molecule has 8 aromatic carbocycles. The van der Waals surface area contributed by atoms with E-state index in [1.54, 1.807) is 173 Å². The molecule has 3 amide bonds. The van der Waals surface area contributed by atoms with Crippen LogP contribution in [0.25, 0.3) is 0 Å². The molecule has 7 atom stereocenters. The zero-order valence-corrected chi connectivity index (χ0v) is 72.0. The SMILES string of the molecule is C=[N+]=NCc1ccccc1[C@@H]1OC(c2ccc(OCCCO)cc2)=N[C@]1(CCC(=O)OC(C)(C)C)C(=O)NCCCOC.C=[N+]=NCc1ccccc1[C@H]1OC(c2ccc(OCCCO)cc2)=N[C@@]1(CCS(=O)(=O)c1ccccc1)C(N)=O.CCCCOc1ccc(C2=N[C@](CCS(=O)(=O)c3ccccc3)(C(=O)NCC(O)CO)[C@H](c3ccccc3)O2)cc1. The number of esters is 1. The summed E-state index contributed by atoms with van der Waals surface area (Å²) in [6.07, 6.45) is -0.858. The van der Waals surface area contributed by atoms with Crippen molar-refractivity contribution in [1.29, 1.82) is 0 Å². The Morgan fingerprint density at radius 3 is 1.34 bits per heavy atom. The average molecular weight is 1740 g/mol. The molecule has 3 heterocycles. The molecular weight excluding hydrogens is 1630 g/mol. The first kappa shape index (κ1) is 95.7. The first-order valence-electron chi connectivity index (χ1n) is 40.8. The van der Waals surface area contributed by atoms with E-state index >= 15 is 0 Å². The van der Waals surface area contributed by atoms with E-state index in [-0.39, 0.29) is 103 Å². The second kappa shape index (κ2) is 46.4. The smallest absolute Gasteiger partial charge is 0.306 e. The Morgan fingerprint density at radius 2 is 0.919 bits per heavy atom. The van der Waals surface area contributed by atoms with Crippen LogP contribution in [0.1, 0.15) is 148 Å². The Kier molecular flexibility index (Phi) is 35.8. The molecule has 124 heavy (non-hydrogen) atoms. The number of ether oxygens (including phenoxy) is 8. The number of rotatable bonds is 43. The predicted molar refractivity (Wildman–Crippen MR) is 466 cm³/mol. The van der Waals surface area contributed by atoms with E-state index in [2.05, 4.69) is 55.8 Å². The molecule has 0 aliphatic carbocycles. The van der Waals surface area contributed by atoms with Gasteiger partial charge in [0.1, 0.15) is 35.9 Å². The predicted octanol–water partition coefficient (Wildman–Crippen LogP) is 10.2. The highest BCUT2D eigenvalue weighted by molar-refractivity contribution is 7.91. The van der Waals surface area contributed by atoms with Crippen LogP contribution in [0.5, 0.6) is 17.2 Å². The first-order valence-corrected chi connectivity index (χ1v) is 44.1. The maximum Gasteiger partial charge on any atom is 0.306 e. The highest BCUT2D eigenvalue weighted by Gasteiger charge is 2.57. The fourth-order valence-corrected chi connectivity index (χ4v) is 16.4. The van der Waals surface area contributed by atoms with Crippen LogP contribution in [0.2, 0.25) is 0 Å². The maximum absolute atomic E-state index is 14.1. The van der Waals surface area contributed by atoms with Gasteiger partial charge < -0.3 is 74.7 Å². The lowest BCUT2D eigenvalue weighted by atomic mass is 9.81. The van der Waals surface area contributed by atoms with Gasteiger partial charge in [-0.05, 0) is 154 Å². The number of carbonyl (C=O) groups is 4. The highest BCUT2D eigenvalue weighted by atomic mass is 32.2. The van der Waals surface area contributed by atoms with Gasteiger partial charge in [0.25, 0.3) is 25.2 Å². The normalized spacial score (nSPS) is 18.4. The molecule has 3 aliphatic rings. The van der Waals surface area contributed by atoms with E-state index in [1.807, 2.05) is 42.5 Å². The van der Waals surface area contributed by atoms with E-state index in [1.165, 1.54) is 24.3 Å². The second-order valence-corrected chi connectivity index (χ2v) is 34.4. The standard InChI is InChI=1S/C32H42N4O7.C31H36N2O7S.C29H30N4O6S/c1-31(2,3)43-27(38)16-17-32(30(39)34-18-8-20-40-5)28(26-11-7-6-10-24(26)22-35-33-4)42-29(36-32)23-12-14-25(15-13-23)41-21-9-19-37;1-2-3-19-39-26-16-14-24(15-17-26)29-33-31(30(36)32-21-25(35)22-34,28(40-29)23-10-6-4-7-11-23)18-20-41(37,38)27-12-8-5-9-13-27;1-31-32-20-22-8-5-6-11-25(22)26-29(28(30)35,16-19-40(36,37)24-9-3-2-4-10-24)33-27(39-26)21-12-14-23(15-13-21)38-18-7-17-34/h6-7,10-15,28,37H,4,8-9,16-22H2,1-3,5H3;4-17,25,28,34-35H,2-3,18-22H2,1H3,(H,32,36);2-6,8-15,26,34H,1,7,16-20H2,(H-,30,35)/p+2/t28-,32-;25?,28-,31-;26-,29-/m001/s1. The van der Waals surface area contributed by atoms with Crippen LogP contribution < -0.4 is 30.6 Å². The Labute approximate surface area is 723 Å². The zero-order valence-electron chi connectivity index (χ0n) is 70.3. The van der Waals surface area contributed by atoms with Gasteiger partial charge in [-0.25, -0.2) is 31.8 Å². The lowest BCUT2D eigenvalue weighted by Gasteiger charge is -2.31. The molecule has 0 aromatic heterocycles. The molecule has 11 rings (SSSR count). The molecule has 30 nitrogen and oxygen atoms in total. The fraction of sp³-hybridized carbons (Fsp3) is 0.380. The van der Waals surface area contributed by atoms with Gasteiger partial charge in [-0.3, -0.25) is 19.2 Å². The number of methoxy groups -OCH3 is 1. The second-order valence-electron chi connectivity index (χ2n) is 30.2. The van der Waals surface area contributed by atoms with Crippen molar-refractivity contribution < 1.29 is 104 Å². The topological polar surface area (TPSA) is 431 Å². The molecule has 658 valence electrons. The van der Waals surface area contributed by atoms with Gasteiger partial charge in [-0.2, -0.15) is 0 Å². The molecule has 0 fully saturated rings. The van der Waals surface area contributed by atoms with Crippen molar-refractivity contribution in [2.45, 2.75) is 155 Å². The summed E-state index contributed by atoms with van der Waals surface area (Å²) in [5.74, 6) is -0.483. The van der Waals surface area contributed by atoms with E-state index in [0.717, 1.165) is 18.4 Å². The fourth-order valence-electron chi connectivity index (χ4n) is 13.7. The molecule has 0 radical (unpaired) electrons. The van der Waals surface area contributed by atoms with Gasteiger partial charge in [0.2, 0.25) is 23.6 Å². The van der Waals surface area contributed by atoms with Crippen molar-refractivity contribution in [1.82, 2.24) is 10.6 Å². The molecule has 3 aliphatic heterocycles. The summed E-state index contributed by atoms with van der Waals surface area (Å²) in [6.45, 7) is 16.2. The summed E-state index contributed by atoms with van der Waals surface area (Å²) in [6, 6.07) is 61.0. The lowest BCUT2D eigenvalue weighted by Crippen LogP contribution is -2.51. The summed E-state index contributed by atoms with van der Waals surface area (Å²) in [4.78, 5) is 76.1. The number of sulfone groups is 2. The number of benzene rings is 8. The molecule has 0 saturated carbocycles. The highest BCUT2D eigenvalue weighted by Crippen LogP contribution is 2.48. The van der Waals surface area contributed by atoms with Crippen LogP contribution in [0.4, 0.5) is 0 Å². The van der Waals surface area contributed by atoms with Crippen molar-refractivity contribution >= 4 is 74.5 Å². The van der Waals surface area contributed by atoms with Crippen molar-refractivity contribution in [3.63, 3.8) is 0 Å². The van der Waals surface area contributed by atoms with Crippen molar-refractivity contribution in [3.05, 3.63) is 257 Å². The Hall–Kier alpha value is -12.1. The Morgan fingerprint density at radius 1 is 0.524 bits per heavy atom. The molecule has 8 aromatic rings. The van der Waals surface area contributed by atoms with Gasteiger partial charge >= 0.3 is 5.97 Å². The van der Waals surface area contributed by atoms with Gasteiger partial charge in [0.05, 0.1) is 64.1 Å². The number of unbranched alkanes of at least 4 members (excludes halogenated alkanes) is 1. The molecule has 0 saturated heterocycles. The lowest BCUT2D eigenvalue weighted by molar-refractivity contribution is -0.155. The van der Waals surface area contributed by atoms with E-state index in [0.29, 0.717) is 108 Å². The van der Waals surface area contributed by atoms with E-state index in [9.17, 15) is 46.2 Å². The first-order chi connectivity index (χ1) is 59.7. The summed E-state index contributed by atoms with van der Waals surface area (Å²) in [5.41, 5.74) is 5.66. The number of nitrogens with two attached hydrogens (primary N) is 1. The van der Waals surface area contributed by atoms with E-state index in [4.69, 9.17) is 63.8 Å². The van der Waals surface area contributed by atoms with Crippen LogP contribution >= 0.6 is 0 Å². The third-order valence-corrected chi connectivity index (χ3v) is 23.6. The van der Waals surface area contributed by atoms with Crippen LogP contribution in [0.3, 0.4) is 0 Å². The van der Waals surface area contributed by atoms with Gasteiger partial charge in [0, 0.05) is 110 Å². The van der Waals surface area contributed by atoms with E-state index < -0.39 is 90.7 Å². The van der Waals surface area contributed by atoms with Crippen LogP contribution in [0.15, 0.2) is 247 Å². The van der Waals surface area contributed by atoms with Crippen molar-refractivity contribution in [3.8, 4) is 17.2 Å². The molecule has 1 unspecified atom stereocenters. The molecule has 32 heteroatoms. The number of aliphatic imine (C=N–C) groups is 3. The molecule has 0 bridgehead atoms. The number of nitrogens with zero attached hydrogens (tertiary/aromatic N) is 7. The van der Waals surface area contributed by atoms with Gasteiger partial charge in [0.15, 0.2) is 54.6 Å². The minimum absolute atomic E-state index is 0.0247. The molecular formula is C92H110N10O20S2+2. The number of hydrogen-bond acceptors (Lipinski definition) is 25. The maximum atomic E-state index is 14.1. The Balaban J connectivity index is 0.000000211. The summed E-state index contributed by atoms with van der Waals surface area (Å²) in [5, 5.41) is 50.9. The monoisotopic (exact) mass is 1740 g/mol. The Bertz CT molecular complexity index is 5270. The molecule has 8 N–H and O–H groups in total. The van der Waals surface area contributed by atoms with Crippen molar-refractivity contribution in [2.75, 3.05) is 78.0 Å². The largest absolute Gasteiger partial charge is 0.494 e. The zero-order chi connectivity index (χ0) is 89.2. The number of hydrogen-bond donors (Lipinski definition) is 7. The third kappa shape index (κ3) is 26.0. The van der Waals surface area contributed by atoms with Crippen molar-refractivity contribution in [2.24, 2.45) is 30.9 Å². The molecule has 0 spiro atoms. The number of carbonyl (C=O) groups excluding carboxylic acids is 4. The number of nitrogens with one attached hydrogen (secondary N) is 2. The number of aliphatic hydroxyl groups excluding tert-OH is 4. The quantitative estimate of drug-likeness (QED) is 0.00614. The minimum atomic E-state index is -3.77. The number of amides is 3. The van der Waals surface area contributed by atoms with Crippen LogP contribution in [-0.2, 0) is 75.6 Å². The third-order valence-electron chi connectivity index (χ3n) is 20.1. The summed E-state index contributed by atoms with van der Waals surface area (Å²) >= 11 is 0. The van der Waals surface area contributed by atoms with Crippen LogP contribution in [0, 0.1) is 0 Å². The number of primary amides is 1. The van der Waals surface area contributed by atoms with Gasteiger partial charge in [-0.15, -0.1) is 0 Å². The summed E-state index contributed by atoms with van der Waals surface area (Å²) < 4.78 is 100.0. The number of aliphatic hydroxyl groups is 4. The van der Waals surface area contributed by atoms with Gasteiger partial charge in [-0.1, -0.05) is 129 Å². The average Bonchev–Trinajstić information content (AvgIpc) is 1.59.